The monoisotopic (exact) mass is 351 g/mol. The van der Waals surface area contributed by atoms with Crippen LogP contribution in [-0.2, 0) is 10.0 Å². The van der Waals surface area contributed by atoms with Gasteiger partial charge in [-0.15, -0.1) is 0 Å². The molecule has 0 fully saturated rings. The summed E-state index contributed by atoms with van der Waals surface area (Å²) in [5, 5.41) is 6.27. The van der Waals surface area contributed by atoms with E-state index in [1.807, 2.05) is 6.92 Å². The molecule has 2 rings (SSSR count). The van der Waals surface area contributed by atoms with E-state index in [1.165, 1.54) is 17.4 Å². The van der Waals surface area contributed by atoms with Gasteiger partial charge in [0.1, 0.15) is 5.76 Å². The van der Waals surface area contributed by atoms with Gasteiger partial charge >= 0.3 is 0 Å². The minimum absolute atomic E-state index is 0.127. The molecule has 8 heteroatoms. The van der Waals surface area contributed by atoms with Crippen LogP contribution in [0.25, 0.3) is 0 Å². The van der Waals surface area contributed by atoms with Crippen LogP contribution in [0.1, 0.15) is 35.0 Å². The molecule has 0 spiro atoms. The van der Waals surface area contributed by atoms with Gasteiger partial charge in [0, 0.05) is 25.2 Å². The van der Waals surface area contributed by atoms with Crippen molar-refractivity contribution in [2.24, 2.45) is 0 Å². The van der Waals surface area contributed by atoms with Crippen molar-refractivity contribution in [3.05, 3.63) is 41.2 Å². The Morgan fingerprint density at radius 3 is 2.58 bits per heavy atom. The Labute approximate surface area is 141 Å². The molecule has 2 aromatic rings. The molecule has 130 valence electrons. The van der Waals surface area contributed by atoms with E-state index < -0.39 is 15.9 Å². The molecule has 24 heavy (non-hydrogen) atoms. The summed E-state index contributed by atoms with van der Waals surface area (Å²) in [6.45, 7) is 5.73. The zero-order chi connectivity index (χ0) is 17.9. The largest absolute Gasteiger partial charge is 0.360 e. The molecule has 0 aliphatic heterocycles. The maximum Gasteiger partial charge on any atom is 0.256 e. The van der Waals surface area contributed by atoms with Gasteiger partial charge in [0.15, 0.2) is 5.82 Å². The topological polar surface area (TPSA) is 92.5 Å². The molecule has 0 saturated heterocycles. The SMILES string of the molecule is CCCN(C)S(=O)(=O)c1cc(C(=O)Nc2cc(C)on2)ccc1C. The summed E-state index contributed by atoms with van der Waals surface area (Å²) in [5.74, 6) is 0.405. The number of benzene rings is 1. The number of hydrogen-bond donors (Lipinski definition) is 1. The molecule has 1 aromatic carbocycles. The fourth-order valence-electron chi connectivity index (χ4n) is 2.24. The van der Waals surface area contributed by atoms with E-state index in [0.29, 0.717) is 24.3 Å². The van der Waals surface area contributed by atoms with Crippen LogP contribution >= 0.6 is 0 Å². The number of aryl methyl sites for hydroxylation is 2. The molecule has 1 amide bonds. The first-order valence-corrected chi connectivity index (χ1v) is 9.01. The van der Waals surface area contributed by atoms with Gasteiger partial charge < -0.3 is 9.84 Å². The summed E-state index contributed by atoms with van der Waals surface area (Å²) in [5.41, 5.74) is 0.830. The Hall–Kier alpha value is -2.19. The second kappa shape index (κ2) is 7.14. The molecular weight excluding hydrogens is 330 g/mol. The number of nitrogens with one attached hydrogen (secondary N) is 1. The van der Waals surface area contributed by atoms with Gasteiger partial charge in [-0.05, 0) is 38.0 Å². The number of carbonyl (C=O) groups is 1. The fraction of sp³-hybridized carbons (Fsp3) is 0.375. The quantitative estimate of drug-likeness (QED) is 0.863. The smallest absolute Gasteiger partial charge is 0.256 e. The van der Waals surface area contributed by atoms with Crippen molar-refractivity contribution >= 4 is 21.7 Å². The molecule has 0 radical (unpaired) electrons. The summed E-state index contributed by atoms with van der Waals surface area (Å²) in [6, 6.07) is 6.17. The maximum atomic E-state index is 12.6. The summed E-state index contributed by atoms with van der Waals surface area (Å²) < 4.78 is 31.5. The lowest BCUT2D eigenvalue weighted by molar-refractivity contribution is 0.102. The van der Waals surface area contributed by atoms with E-state index in [4.69, 9.17) is 4.52 Å². The van der Waals surface area contributed by atoms with Gasteiger partial charge in [-0.3, -0.25) is 4.79 Å². The number of nitrogens with zero attached hydrogens (tertiary/aromatic N) is 2. The highest BCUT2D eigenvalue weighted by molar-refractivity contribution is 7.89. The van der Waals surface area contributed by atoms with Gasteiger partial charge in [0.25, 0.3) is 5.91 Å². The predicted octanol–water partition coefficient (Wildman–Crippen LogP) is 2.57. The van der Waals surface area contributed by atoms with E-state index >= 15 is 0 Å². The highest BCUT2D eigenvalue weighted by Crippen LogP contribution is 2.21. The van der Waals surface area contributed by atoms with Gasteiger partial charge in [-0.2, -0.15) is 0 Å². The minimum atomic E-state index is -3.64. The molecule has 7 nitrogen and oxygen atoms in total. The molecule has 0 unspecified atom stereocenters. The average Bonchev–Trinajstić information content (AvgIpc) is 2.92. The molecule has 0 bridgehead atoms. The highest BCUT2D eigenvalue weighted by Gasteiger charge is 2.23. The van der Waals surface area contributed by atoms with Crippen molar-refractivity contribution in [3.63, 3.8) is 0 Å². The predicted molar refractivity (Wildman–Crippen MR) is 90.5 cm³/mol. The van der Waals surface area contributed by atoms with Crippen molar-refractivity contribution in [1.82, 2.24) is 9.46 Å². The van der Waals surface area contributed by atoms with Crippen LogP contribution in [-0.4, -0.2) is 37.4 Å². The molecule has 1 aromatic heterocycles. The molecule has 1 heterocycles. The molecule has 0 saturated carbocycles. The number of anilines is 1. The van der Waals surface area contributed by atoms with Crippen LogP contribution in [0.3, 0.4) is 0 Å². The minimum Gasteiger partial charge on any atom is -0.360 e. The molecule has 0 aliphatic rings. The Bertz CT molecular complexity index is 843. The Morgan fingerprint density at radius 2 is 2.00 bits per heavy atom. The number of hydrogen-bond acceptors (Lipinski definition) is 5. The van der Waals surface area contributed by atoms with Crippen LogP contribution in [0.15, 0.2) is 33.7 Å². The average molecular weight is 351 g/mol. The van der Waals surface area contributed by atoms with Crippen molar-refractivity contribution in [3.8, 4) is 0 Å². The first-order chi connectivity index (χ1) is 11.3. The van der Waals surface area contributed by atoms with E-state index in [0.717, 1.165) is 0 Å². The van der Waals surface area contributed by atoms with Crippen LogP contribution < -0.4 is 5.32 Å². The van der Waals surface area contributed by atoms with Crippen molar-refractivity contribution in [1.29, 1.82) is 0 Å². The van der Waals surface area contributed by atoms with E-state index in [2.05, 4.69) is 10.5 Å². The van der Waals surface area contributed by atoms with Gasteiger partial charge in [0.2, 0.25) is 10.0 Å². The van der Waals surface area contributed by atoms with Crippen LogP contribution in [0.2, 0.25) is 0 Å². The molecular formula is C16H21N3O4S. The van der Waals surface area contributed by atoms with Gasteiger partial charge in [-0.25, -0.2) is 12.7 Å². The zero-order valence-electron chi connectivity index (χ0n) is 14.2. The molecule has 1 N–H and O–H groups in total. The number of rotatable bonds is 6. The lowest BCUT2D eigenvalue weighted by atomic mass is 10.1. The van der Waals surface area contributed by atoms with Crippen LogP contribution in [0.5, 0.6) is 0 Å². The summed E-state index contributed by atoms with van der Waals surface area (Å²) >= 11 is 0. The normalized spacial score (nSPS) is 11.7. The summed E-state index contributed by atoms with van der Waals surface area (Å²) in [7, 11) is -2.11. The number of carbonyl (C=O) groups excluding carboxylic acids is 1. The number of aromatic nitrogens is 1. The van der Waals surface area contributed by atoms with Gasteiger partial charge in [0.05, 0.1) is 4.90 Å². The highest BCUT2D eigenvalue weighted by atomic mass is 32.2. The fourth-order valence-corrected chi connectivity index (χ4v) is 3.75. The maximum absolute atomic E-state index is 12.6. The first kappa shape index (κ1) is 18.2. The standard InChI is InChI=1S/C16H21N3O4S/c1-5-8-19(4)24(21,22)14-10-13(7-6-11(14)2)16(20)17-15-9-12(3)23-18-15/h6-7,9-10H,5,8H2,1-4H3,(H,17,18,20). The second-order valence-corrected chi connectivity index (χ2v) is 7.60. The van der Waals surface area contributed by atoms with E-state index in [-0.39, 0.29) is 16.3 Å². The second-order valence-electron chi connectivity index (χ2n) is 5.58. The first-order valence-electron chi connectivity index (χ1n) is 7.57. The third-order valence-corrected chi connectivity index (χ3v) is 5.55. The Kier molecular flexibility index (Phi) is 5.40. The lowest BCUT2D eigenvalue weighted by Crippen LogP contribution is -2.28. The van der Waals surface area contributed by atoms with Crippen molar-refractivity contribution in [2.45, 2.75) is 32.1 Å². The molecule has 0 aliphatic carbocycles. The lowest BCUT2D eigenvalue weighted by Gasteiger charge is -2.18. The summed E-state index contributed by atoms with van der Waals surface area (Å²) in [6.07, 6.45) is 0.709. The van der Waals surface area contributed by atoms with Crippen LogP contribution in [0, 0.1) is 13.8 Å². The van der Waals surface area contributed by atoms with E-state index in [9.17, 15) is 13.2 Å². The van der Waals surface area contributed by atoms with Gasteiger partial charge in [-0.1, -0.05) is 18.1 Å². The van der Waals surface area contributed by atoms with Crippen LogP contribution in [0.4, 0.5) is 5.82 Å². The van der Waals surface area contributed by atoms with E-state index in [1.54, 1.807) is 32.0 Å². The summed E-state index contributed by atoms with van der Waals surface area (Å²) in [4.78, 5) is 12.4. The van der Waals surface area contributed by atoms with Crippen molar-refractivity contribution < 1.29 is 17.7 Å². The Morgan fingerprint density at radius 1 is 1.29 bits per heavy atom. The molecule has 0 atom stereocenters. The number of sulfonamides is 1. The third kappa shape index (κ3) is 3.82. The third-order valence-electron chi connectivity index (χ3n) is 3.55. The Balaban J connectivity index is 2.32. The number of amides is 1. The van der Waals surface area contributed by atoms with Crippen molar-refractivity contribution in [2.75, 3.05) is 18.9 Å². The zero-order valence-corrected chi connectivity index (χ0v) is 15.0.